The molecule has 31 heavy (non-hydrogen) atoms. The molecule has 3 rings (SSSR count). The van der Waals surface area contributed by atoms with E-state index in [9.17, 15) is 13.2 Å². The number of hydrogen-bond donors (Lipinski definition) is 1. The molecule has 1 atom stereocenters. The van der Waals surface area contributed by atoms with Crippen LogP contribution in [-0.2, 0) is 21.2 Å². The molecule has 0 bridgehead atoms. The lowest BCUT2D eigenvalue weighted by atomic mass is 9.96. The lowest BCUT2D eigenvalue weighted by Crippen LogP contribution is -2.44. The minimum atomic E-state index is -3.50. The maximum atomic E-state index is 12.8. The number of carbonyl (C=O) groups excluding carboxylic acids is 1. The second kappa shape index (κ2) is 10.4. The van der Waals surface area contributed by atoms with E-state index in [1.54, 1.807) is 30.3 Å². The quantitative estimate of drug-likeness (QED) is 0.681. The molecule has 1 heterocycles. The lowest BCUT2D eigenvalue weighted by molar-refractivity contribution is -0.126. The molecular weight excluding hydrogens is 410 g/mol. The molecule has 2 aromatic carbocycles. The zero-order chi connectivity index (χ0) is 22.4. The predicted octanol–water partition coefficient (Wildman–Crippen LogP) is 3.07. The summed E-state index contributed by atoms with van der Waals surface area (Å²) in [7, 11) is 0.528. The van der Waals surface area contributed by atoms with E-state index in [1.807, 2.05) is 14.1 Å². The SMILES string of the molecule is CCc1ccc(C(CNC(=O)C2CCN(S(=O)(=O)c3ccccc3)CC2)N(C)C)cc1. The number of piperidine rings is 1. The van der Waals surface area contributed by atoms with E-state index < -0.39 is 10.0 Å². The van der Waals surface area contributed by atoms with E-state index in [1.165, 1.54) is 15.4 Å². The van der Waals surface area contributed by atoms with Gasteiger partial charge in [0, 0.05) is 25.6 Å². The van der Waals surface area contributed by atoms with Gasteiger partial charge in [0.05, 0.1) is 10.9 Å². The fourth-order valence-corrected chi connectivity index (χ4v) is 5.51. The molecule has 6 nitrogen and oxygen atoms in total. The average Bonchev–Trinajstić information content (AvgIpc) is 2.80. The first-order valence-electron chi connectivity index (χ1n) is 10.9. The van der Waals surface area contributed by atoms with Crippen LogP contribution in [-0.4, -0.2) is 57.3 Å². The van der Waals surface area contributed by atoms with Gasteiger partial charge < -0.3 is 10.2 Å². The van der Waals surface area contributed by atoms with Gasteiger partial charge in [-0.3, -0.25) is 4.79 Å². The molecule has 0 spiro atoms. The molecule has 0 aromatic heterocycles. The van der Waals surface area contributed by atoms with E-state index in [2.05, 4.69) is 41.4 Å². The Balaban J connectivity index is 1.55. The molecular formula is C24H33N3O3S. The summed E-state index contributed by atoms with van der Waals surface area (Å²) in [5, 5.41) is 3.10. The average molecular weight is 444 g/mol. The first kappa shape index (κ1) is 23.4. The van der Waals surface area contributed by atoms with E-state index in [-0.39, 0.29) is 17.9 Å². The van der Waals surface area contributed by atoms with Crippen molar-refractivity contribution in [3.8, 4) is 0 Å². The number of carbonyl (C=O) groups is 1. The number of amides is 1. The Hall–Kier alpha value is -2.22. The molecule has 7 heteroatoms. The number of likely N-dealkylation sites (N-methyl/N-ethyl adjacent to an activating group) is 1. The van der Waals surface area contributed by atoms with Crippen molar-refractivity contribution in [2.45, 2.75) is 37.1 Å². The van der Waals surface area contributed by atoms with E-state index in [0.717, 1.165) is 6.42 Å². The number of nitrogens with one attached hydrogen (secondary N) is 1. The van der Waals surface area contributed by atoms with Gasteiger partial charge in [-0.15, -0.1) is 0 Å². The highest BCUT2D eigenvalue weighted by Crippen LogP contribution is 2.24. The summed E-state index contributed by atoms with van der Waals surface area (Å²) < 4.78 is 27.0. The van der Waals surface area contributed by atoms with E-state index >= 15 is 0 Å². The third kappa shape index (κ3) is 5.73. The Kier molecular flexibility index (Phi) is 7.86. The van der Waals surface area contributed by atoms with Crippen molar-refractivity contribution in [1.29, 1.82) is 0 Å². The van der Waals surface area contributed by atoms with Gasteiger partial charge >= 0.3 is 0 Å². The van der Waals surface area contributed by atoms with Gasteiger partial charge in [-0.25, -0.2) is 8.42 Å². The van der Waals surface area contributed by atoms with E-state index in [0.29, 0.717) is 37.4 Å². The Morgan fingerprint density at radius 1 is 1.06 bits per heavy atom. The summed E-state index contributed by atoms with van der Waals surface area (Å²) >= 11 is 0. The summed E-state index contributed by atoms with van der Waals surface area (Å²) in [6.45, 7) is 3.39. The van der Waals surface area contributed by atoms with Crippen molar-refractivity contribution in [3.05, 3.63) is 65.7 Å². The van der Waals surface area contributed by atoms with Crippen LogP contribution < -0.4 is 5.32 Å². The normalized spacial score (nSPS) is 16.9. The molecule has 0 saturated carbocycles. The maximum absolute atomic E-state index is 12.8. The summed E-state index contributed by atoms with van der Waals surface area (Å²) in [6.07, 6.45) is 2.08. The third-order valence-electron chi connectivity index (χ3n) is 6.07. The van der Waals surface area contributed by atoms with Crippen molar-refractivity contribution in [2.75, 3.05) is 33.7 Å². The van der Waals surface area contributed by atoms with E-state index in [4.69, 9.17) is 0 Å². The highest BCUT2D eigenvalue weighted by Gasteiger charge is 2.32. The van der Waals surface area contributed by atoms with Crippen LogP contribution >= 0.6 is 0 Å². The van der Waals surface area contributed by atoms with Crippen LogP contribution in [0.2, 0.25) is 0 Å². The second-order valence-corrected chi connectivity index (χ2v) is 10.2. The van der Waals surface area contributed by atoms with Crippen LogP contribution in [0.4, 0.5) is 0 Å². The Morgan fingerprint density at radius 2 is 1.68 bits per heavy atom. The lowest BCUT2D eigenvalue weighted by Gasteiger charge is -2.31. The molecule has 1 aliphatic heterocycles. The topological polar surface area (TPSA) is 69.7 Å². The van der Waals surface area contributed by atoms with Gasteiger partial charge in [0.1, 0.15) is 0 Å². The highest BCUT2D eigenvalue weighted by atomic mass is 32.2. The number of hydrogen-bond acceptors (Lipinski definition) is 4. The van der Waals surface area contributed by atoms with Crippen LogP contribution in [0.15, 0.2) is 59.5 Å². The molecule has 1 aliphatic rings. The van der Waals surface area contributed by atoms with Crippen molar-refractivity contribution in [3.63, 3.8) is 0 Å². The number of aryl methyl sites for hydroxylation is 1. The summed E-state index contributed by atoms with van der Waals surface area (Å²) in [4.78, 5) is 15.2. The Labute approximate surface area is 186 Å². The zero-order valence-electron chi connectivity index (χ0n) is 18.6. The molecule has 0 aliphatic carbocycles. The number of nitrogens with zero attached hydrogens (tertiary/aromatic N) is 2. The third-order valence-corrected chi connectivity index (χ3v) is 7.98. The van der Waals surface area contributed by atoms with Crippen molar-refractivity contribution < 1.29 is 13.2 Å². The molecule has 1 N–H and O–H groups in total. The number of rotatable bonds is 8. The van der Waals surface area contributed by atoms with Gasteiger partial charge in [0.2, 0.25) is 15.9 Å². The molecule has 2 aromatic rings. The van der Waals surface area contributed by atoms with Gasteiger partial charge in [-0.2, -0.15) is 4.31 Å². The fourth-order valence-electron chi connectivity index (χ4n) is 4.02. The molecule has 168 valence electrons. The Morgan fingerprint density at radius 3 is 2.23 bits per heavy atom. The number of sulfonamides is 1. The first-order chi connectivity index (χ1) is 14.8. The largest absolute Gasteiger partial charge is 0.354 e. The minimum Gasteiger partial charge on any atom is -0.354 e. The van der Waals surface area contributed by atoms with Crippen LogP contribution in [0, 0.1) is 5.92 Å². The Bertz CT molecular complexity index is 951. The van der Waals surface area contributed by atoms with Crippen LogP contribution in [0.5, 0.6) is 0 Å². The first-order valence-corrected chi connectivity index (χ1v) is 12.3. The smallest absolute Gasteiger partial charge is 0.243 e. The summed E-state index contributed by atoms with van der Waals surface area (Å²) in [5.41, 5.74) is 2.47. The second-order valence-electron chi connectivity index (χ2n) is 8.31. The van der Waals surface area contributed by atoms with Gasteiger partial charge in [-0.05, 0) is 56.6 Å². The molecule has 1 amide bonds. The minimum absolute atomic E-state index is 0.00814. The summed E-state index contributed by atoms with van der Waals surface area (Å²) in [6, 6.07) is 17.1. The summed E-state index contributed by atoms with van der Waals surface area (Å²) in [5.74, 6) is -0.152. The van der Waals surface area contributed by atoms with Crippen LogP contribution in [0.3, 0.4) is 0 Å². The van der Waals surface area contributed by atoms with Crippen LogP contribution in [0.1, 0.15) is 36.9 Å². The van der Waals surface area contributed by atoms with Crippen LogP contribution in [0.25, 0.3) is 0 Å². The molecule has 1 saturated heterocycles. The maximum Gasteiger partial charge on any atom is 0.243 e. The van der Waals surface area contributed by atoms with Gasteiger partial charge in [-0.1, -0.05) is 49.4 Å². The fraction of sp³-hybridized carbons (Fsp3) is 0.458. The zero-order valence-corrected chi connectivity index (χ0v) is 19.4. The van der Waals surface area contributed by atoms with Crippen molar-refractivity contribution in [1.82, 2.24) is 14.5 Å². The molecule has 1 fully saturated rings. The molecule has 0 radical (unpaired) electrons. The highest BCUT2D eigenvalue weighted by molar-refractivity contribution is 7.89. The van der Waals surface area contributed by atoms with Crippen molar-refractivity contribution >= 4 is 15.9 Å². The van der Waals surface area contributed by atoms with Gasteiger partial charge in [0.15, 0.2) is 0 Å². The molecule has 1 unspecified atom stereocenters. The monoisotopic (exact) mass is 443 g/mol. The van der Waals surface area contributed by atoms with Gasteiger partial charge in [0.25, 0.3) is 0 Å². The standard InChI is InChI=1S/C24H33N3O3S/c1-4-19-10-12-20(13-11-19)23(26(2)3)18-25-24(28)21-14-16-27(17-15-21)31(29,30)22-8-6-5-7-9-22/h5-13,21,23H,4,14-18H2,1-3H3,(H,25,28). The predicted molar refractivity (Wildman–Crippen MR) is 123 cm³/mol. The van der Waals surface area contributed by atoms with Crippen molar-refractivity contribution in [2.24, 2.45) is 5.92 Å². The number of benzene rings is 2.